The first-order chi connectivity index (χ1) is 17.6. The van der Waals surface area contributed by atoms with E-state index in [0.717, 1.165) is 5.56 Å². The highest BCUT2D eigenvalue weighted by atomic mass is 35.5. The number of nitrogens with two attached hydrogens (primary N) is 1. The monoisotopic (exact) mass is 534 g/mol. The van der Waals surface area contributed by atoms with Crippen LogP contribution in [0.3, 0.4) is 0 Å². The summed E-state index contributed by atoms with van der Waals surface area (Å²) in [6, 6.07) is 11.3. The fraction of sp³-hybridized carbons (Fsp3) is 0.360. The van der Waals surface area contributed by atoms with Crippen LogP contribution < -0.4 is 26.4 Å². The molecular weight excluding hydrogens is 504 g/mol. The third-order valence-electron chi connectivity index (χ3n) is 5.24. The number of nitrogens with one attached hydrogen (secondary N) is 3. The number of aliphatic carboxylic acids is 1. The van der Waals surface area contributed by atoms with Gasteiger partial charge in [-0.25, -0.2) is 4.79 Å². The van der Waals surface area contributed by atoms with E-state index in [4.69, 9.17) is 22.1 Å². The van der Waals surface area contributed by atoms with Gasteiger partial charge in [0.2, 0.25) is 11.8 Å². The van der Waals surface area contributed by atoms with Crippen LogP contribution in [-0.2, 0) is 20.9 Å². The molecule has 7 N–H and O–H groups in total. The maximum absolute atomic E-state index is 13.1. The van der Waals surface area contributed by atoms with Crippen LogP contribution in [0.5, 0.6) is 5.75 Å². The number of halogens is 1. The number of carboxylic acids is 1. The predicted molar refractivity (Wildman–Crippen MR) is 136 cm³/mol. The topological polar surface area (TPSA) is 180 Å². The standard InChI is InChI=1S/C25H31ClN4O7/c1-15(31)22(25(35)36)30-24(34)19(8-10-21(27)32)29-23(33)18-13-17(26)7-9-20(18)37-12-11-28-14-16-5-3-2-4-6-16/h2-7,9,13,15,19,22,28,31H,8,10-12,14H2,1H3,(H2,27,32)(H,29,33)(H,30,34)(H,35,36)/t15-,19+,22+/m1/s1. The van der Waals surface area contributed by atoms with E-state index < -0.39 is 41.9 Å². The van der Waals surface area contributed by atoms with E-state index in [1.807, 2.05) is 30.3 Å². The normalized spacial score (nSPS) is 13.2. The van der Waals surface area contributed by atoms with Crippen molar-refractivity contribution in [3.8, 4) is 5.75 Å². The number of ether oxygens (including phenoxy) is 1. The van der Waals surface area contributed by atoms with Crippen molar-refractivity contribution in [2.24, 2.45) is 5.73 Å². The van der Waals surface area contributed by atoms with E-state index >= 15 is 0 Å². The smallest absolute Gasteiger partial charge is 0.328 e. The maximum atomic E-state index is 13.1. The van der Waals surface area contributed by atoms with Gasteiger partial charge < -0.3 is 36.6 Å². The fourth-order valence-corrected chi connectivity index (χ4v) is 3.47. The van der Waals surface area contributed by atoms with Crippen LogP contribution in [0, 0.1) is 0 Å². The SMILES string of the molecule is C[C@@H](O)[C@H](NC(=O)[C@H](CCC(N)=O)NC(=O)c1cc(Cl)ccc1OCCNCc1ccccc1)C(=O)O. The molecule has 37 heavy (non-hydrogen) atoms. The largest absolute Gasteiger partial charge is 0.491 e. The molecule has 0 saturated carbocycles. The summed E-state index contributed by atoms with van der Waals surface area (Å²) in [4.78, 5) is 48.4. The van der Waals surface area contributed by atoms with Crippen molar-refractivity contribution in [3.05, 3.63) is 64.7 Å². The van der Waals surface area contributed by atoms with Gasteiger partial charge in [-0.2, -0.15) is 0 Å². The summed E-state index contributed by atoms with van der Waals surface area (Å²) >= 11 is 6.07. The minimum absolute atomic E-state index is 0.0396. The molecule has 12 heteroatoms. The van der Waals surface area contributed by atoms with E-state index in [0.29, 0.717) is 13.1 Å². The van der Waals surface area contributed by atoms with Gasteiger partial charge in [0.25, 0.3) is 5.91 Å². The highest BCUT2D eigenvalue weighted by Gasteiger charge is 2.30. The maximum Gasteiger partial charge on any atom is 0.328 e. The molecule has 200 valence electrons. The van der Waals surface area contributed by atoms with Crippen LogP contribution in [0.15, 0.2) is 48.5 Å². The van der Waals surface area contributed by atoms with Crippen molar-refractivity contribution in [1.29, 1.82) is 0 Å². The first-order valence-corrected chi connectivity index (χ1v) is 11.9. The van der Waals surface area contributed by atoms with Gasteiger partial charge in [-0.1, -0.05) is 41.9 Å². The minimum atomic E-state index is -1.62. The van der Waals surface area contributed by atoms with Crippen LogP contribution >= 0.6 is 11.6 Å². The van der Waals surface area contributed by atoms with Crippen molar-refractivity contribution >= 4 is 35.3 Å². The fourth-order valence-electron chi connectivity index (χ4n) is 3.30. The van der Waals surface area contributed by atoms with Gasteiger partial charge in [-0.15, -0.1) is 0 Å². The van der Waals surface area contributed by atoms with Gasteiger partial charge in [0.05, 0.1) is 11.7 Å². The van der Waals surface area contributed by atoms with Crippen LogP contribution in [0.25, 0.3) is 0 Å². The number of hydrogen-bond acceptors (Lipinski definition) is 7. The van der Waals surface area contributed by atoms with Crippen molar-refractivity contribution in [2.75, 3.05) is 13.2 Å². The second-order valence-electron chi connectivity index (χ2n) is 8.25. The van der Waals surface area contributed by atoms with E-state index in [-0.39, 0.29) is 35.8 Å². The summed E-state index contributed by atoms with van der Waals surface area (Å²) in [6.07, 6.45) is -1.85. The average Bonchev–Trinajstić information content (AvgIpc) is 2.85. The molecular formula is C25H31ClN4O7. The number of primary amides is 1. The van der Waals surface area contributed by atoms with Gasteiger partial charge >= 0.3 is 5.97 Å². The summed E-state index contributed by atoms with van der Waals surface area (Å²) in [6.45, 7) is 2.55. The molecule has 0 bridgehead atoms. The van der Waals surface area contributed by atoms with E-state index in [1.165, 1.54) is 19.1 Å². The Morgan fingerprint density at radius 3 is 2.41 bits per heavy atom. The Labute approximate surface area is 219 Å². The number of amides is 3. The van der Waals surface area contributed by atoms with Crippen LogP contribution in [-0.4, -0.2) is 65.2 Å². The Balaban J connectivity index is 2.08. The van der Waals surface area contributed by atoms with E-state index in [2.05, 4.69) is 16.0 Å². The predicted octanol–water partition coefficient (Wildman–Crippen LogP) is 0.823. The van der Waals surface area contributed by atoms with Crippen LogP contribution in [0.4, 0.5) is 0 Å². The molecule has 0 aliphatic carbocycles. The average molecular weight is 535 g/mol. The second-order valence-corrected chi connectivity index (χ2v) is 8.68. The third kappa shape index (κ3) is 10.1. The molecule has 0 heterocycles. The molecule has 0 saturated heterocycles. The lowest BCUT2D eigenvalue weighted by Crippen LogP contribution is -2.54. The second kappa shape index (κ2) is 14.8. The molecule has 3 amide bonds. The summed E-state index contributed by atoms with van der Waals surface area (Å²) in [5, 5.41) is 27.0. The molecule has 3 atom stereocenters. The Hall–Kier alpha value is -3.67. The number of hydrogen-bond donors (Lipinski definition) is 6. The quantitative estimate of drug-likeness (QED) is 0.182. The van der Waals surface area contributed by atoms with E-state index in [1.54, 1.807) is 6.07 Å². The highest BCUT2D eigenvalue weighted by molar-refractivity contribution is 6.31. The van der Waals surface area contributed by atoms with Crippen LogP contribution in [0.1, 0.15) is 35.7 Å². The Kier molecular flexibility index (Phi) is 11.8. The number of carbonyl (C=O) groups is 4. The summed E-state index contributed by atoms with van der Waals surface area (Å²) < 4.78 is 5.75. The van der Waals surface area contributed by atoms with Gasteiger partial charge in [-0.05, 0) is 37.1 Å². The molecule has 2 rings (SSSR count). The van der Waals surface area contributed by atoms with Crippen molar-refractivity contribution < 1.29 is 34.1 Å². The lowest BCUT2D eigenvalue weighted by Gasteiger charge is -2.23. The molecule has 0 spiro atoms. The molecule has 0 radical (unpaired) electrons. The van der Waals surface area contributed by atoms with E-state index in [9.17, 15) is 29.4 Å². The molecule has 0 fully saturated rings. The first kappa shape index (κ1) is 29.6. The summed E-state index contributed by atoms with van der Waals surface area (Å²) in [7, 11) is 0. The Morgan fingerprint density at radius 1 is 1.08 bits per heavy atom. The molecule has 2 aromatic carbocycles. The zero-order chi connectivity index (χ0) is 27.4. The molecule has 0 aromatic heterocycles. The Morgan fingerprint density at radius 2 is 1.78 bits per heavy atom. The van der Waals surface area contributed by atoms with Crippen molar-refractivity contribution in [1.82, 2.24) is 16.0 Å². The van der Waals surface area contributed by atoms with Crippen molar-refractivity contribution in [3.63, 3.8) is 0 Å². The molecule has 11 nitrogen and oxygen atoms in total. The number of rotatable bonds is 15. The van der Waals surface area contributed by atoms with Crippen LogP contribution in [0.2, 0.25) is 5.02 Å². The Bertz CT molecular complexity index is 1080. The zero-order valence-corrected chi connectivity index (χ0v) is 21.0. The lowest BCUT2D eigenvalue weighted by molar-refractivity contribution is -0.145. The van der Waals surface area contributed by atoms with Gasteiger partial charge in [0.1, 0.15) is 18.4 Å². The van der Waals surface area contributed by atoms with Gasteiger partial charge in [0.15, 0.2) is 6.04 Å². The number of aliphatic hydroxyl groups is 1. The molecule has 0 aliphatic rings. The molecule has 0 aliphatic heterocycles. The molecule has 2 aromatic rings. The van der Waals surface area contributed by atoms with Crippen molar-refractivity contribution in [2.45, 2.75) is 44.5 Å². The number of benzene rings is 2. The third-order valence-corrected chi connectivity index (χ3v) is 5.48. The zero-order valence-electron chi connectivity index (χ0n) is 20.3. The first-order valence-electron chi connectivity index (χ1n) is 11.6. The van der Waals surface area contributed by atoms with Gasteiger partial charge in [0, 0.05) is 24.5 Å². The number of carboxylic acid groups (broad SMARTS) is 1. The minimum Gasteiger partial charge on any atom is -0.491 e. The number of carbonyl (C=O) groups excluding carboxylic acids is 3. The lowest BCUT2D eigenvalue weighted by atomic mass is 10.1. The number of aliphatic hydroxyl groups excluding tert-OH is 1. The summed E-state index contributed by atoms with van der Waals surface area (Å²) in [5.74, 6) is -3.60. The van der Waals surface area contributed by atoms with Gasteiger partial charge in [-0.3, -0.25) is 14.4 Å². The highest BCUT2D eigenvalue weighted by Crippen LogP contribution is 2.23. The summed E-state index contributed by atoms with van der Waals surface area (Å²) in [5.41, 5.74) is 6.33. The molecule has 0 unspecified atom stereocenters.